The van der Waals surface area contributed by atoms with Gasteiger partial charge in [-0.2, -0.15) is 0 Å². The maximum atomic E-state index is 13.3. The summed E-state index contributed by atoms with van der Waals surface area (Å²) in [7, 11) is 0. The lowest BCUT2D eigenvalue weighted by Gasteiger charge is -2.14. The number of hydrogen-bond acceptors (Lipinski definition) is 8. The van der Waals surface area contributed by atoms with Gasteiger partial charge < -0.3 is 15.2 Å². The van der Waals surface area contributed by atoms with Gasteiger partial charge in [0.25, 0.3) is 11.5 Å². The Morgan fingerprint density at radius 3 is 2.85 bits per heavy atom. The fourth-order valence-electron chi connectivity index (χ4n) is 3.51. The van der Waals surface area contributed by atoms with Crippen molar-refractivity contribution in [3.8, 4) is 0 Å². The highest BCUT2D eigenvalue weighted by Gasteiger charge is 2.32. The maximum Gasteiger partial charge on any atom is 0.267 e. The lowest BCUT2D eigenvalue weighted by Crippen LogP contribution is -2.29. The Bertz CT molecular complexity index is 1100. The number of nitrogens with zero attached hydrogens (tertiary/aromatic N) is 3. The van der Waals surface area contributed by atoms with Gasteiger partial charge >= 0.3 is 0 Å². The number of aliphatic hydroxyl groups excluding tert-OH is 1. The number of amides is 1. The number of nitrogens with one attached hydrogen (secondary N) is 1. The number of thioether (sulfide) groups is 1. The van der Waals surface area contributed by atoms with Crippen molar-refractivity contribution in [3.63, 3.8) is 0 Å². The average molecular weight is 491 g/mol. The van der Waals surface area contributed by atoms with Crippen LogP contribution in [-0.4, -0.2) is 62.5 Å². The molecular formula is C23H30N4O4S2. The van der Waals surface area contributed by atoms with E-state index in [2.05, 4.69) is 17.2 Å². The molecule has 0 bridgehead atoms. The lowest BCUT2D eigenvalue weighted by molar-refractivity contribution is -0.122. The number of aliphatic hydroxyl groups is 1. The summed E-state index contributed by atoms with van der Waals surface area (Å²) < 4.78 is 7.30. The Labute approximate surface area is 203 Å². The summed E-state index contributed by atoms with van der Waals surface area (Å²) >= 11 is 6.65. The molecule has 2 N–H and O–H groups in total. The van der Waals surface area contributed by atoms with E-state index in [9.17, 15) is 9.59 Å². The van der Waals surface area contributed by atoms with Gasteiger partial charge in [0.1, 0.15) is 15.8 Å². The third kappa shape index (κ3) is 6.20. The first-order chi connectivity index (χ1) is 16.0. The number of hydrogen-bond donors (Lipinski definition) is 2. The molecule has 2 aromatic rings. The largest absolute Gasteiger partial charge is 0.394 e. The molecule has 1 amide bonds. The van der Waals surface area contributed by atoms with Crippen LogP contribution in [0.3, 0.4) is 0 Å². The first kappa shape index (κ1) is 25.4. The molecule has 0 unspecified atom stereocenters. The van der Waals surface area contributed by atoms with Crippen LogP contribution in [0.15, 0.2) is 28.0 Å². The van der Waals surface area contributed by atoms with Gasteiger partial charge in [0.05, 0.1) is 30.3 Å². The van der Waals surface area contributed by atoms with E-state index in [1.807, 2.05) is 13.0 Å². The van der Waals surface area contributed by atoms with Gasteiger partial charge in [0.2, 0.25) is 0 Å². The SMILES string of the molecule is CCCCCCN1C(=O)/C(=C/c2c(NCCOCCO)nc3c(C)cccn3c2=O)SC1=S. The number of carbonyl (C=O) groups excluding carboxylic acids is 1. The number of thiocarbonyl (C=S) groups is 1. The second kappa shape index (κ2) is 12.3. The van der Waals surface area contributed by atoms with Crippen LogP contribution in [0, 0.1) is 6.92 Å². The van der Waals surface area contributed by atoms with Gasteiger partial charge in [-0.05, 0) is 31.1 Å². The van der Waals surface area contributed by atoms with Crippen molar-refractivity contribution in [3.05, 3.63) is 44.7 Å². The molecule has 1 fully saturated rings. The van der Waals surface area contributed by atoms with E-state index < -0.39 is 0 Å². The monoisotopic (exact) mass is 490 g/mol. The van der Waals surface area contributed by atoms with Crippen molar-refractivity contribution in [2.24, 2.45) is 0 Å². The maximum absolute atomic E-state index is 13.3. The number of anilines is 1. The molecule has 8 nitrogen and oxygen atoms in total. The molecule has 10 heteroatoms. The van der Waals surface area contributed by atoms with Gasteiger partial charge in [-0.1, -0.05) is 56.2 Å². The topological polar surface area (TPSA) is 96.2 Å². The average Bonchev–Trinajstić information content (AvgIpc) is 3.06. The standard InChI is InChI=1S/C23H30N4O4S2/c1-3-4-5-6-10-27-22(30)18(33-23(27)32)15-17-19(24-9-13-31-14-12-28)25-20-16(2)8-7-11-26(20)21(17)29/h7-8,11,15,24,28H,3-6,9-10,12-14H2,1-2H3/b18-15-. The second-order valence-corrected chi connectivity index (χ2v) is 9.40. The Morgan fingerprint density at radius 1 is 1.27 bits per heavy atom. The number of fused-ring (bicyclic) bond motifs is 1. The molecule has 3 rings (SSSR count). The summed E-state index contributed by atoms with van der Waals surface area (Å²) in [5.74, 6) is 0.211. The van der Waals surface area contributed by atoms with Crippen LogP contribution in [0.1, 0.15) is 43.7 Å². The van der Waals surface area contributed by atoms with Crippen LogP contribution in [0.25, 0.3) is 11.7 Å². The third-order valence-electron chi connectivity index (χ3n) is 5.24. The highest BCUT2D eigenvalue weighted by Crippen LogP contribution is 2.33. The summed E-state index contributed by atoms with van der Waals surface area (Å²) in [5, 5.41) is 12.0. The molecule has 1 saturated heterocycles. The van der Waals surface area contributed by atoms with Gasteiger partial charge in [-0.15, -0.1) is 0 Å². The lowest BCUT2D eigenvalue weighted by atomic mass is 10.2. The molecular weight excluding hydrogens is 460 g/mol. The Hall–Kier alpha value is -2.27. The van der Waals surface area contributed by atoms with Crippen LogP contribution in [0.2, 0.25) is 0 Å². The van der Waals surface area contributed by atoms with Crippen LogP contribution >= 0.6 is 24.0 Å². The Morgan fingerprint density at radius 2 is 2.09 bits per heavy atom. The zero-order valence-corrected chi connectivity index (χ0v) is 20.6. The number of aryl methyl sites for hydroxylation is 1. The minimum atomic E-state index is -0.268. The number of carbonyl (C=O) groups is 1. The van der Waals surface area contributed by atoms with E-state index in [0.29, 0.717) is 46.0 Å². The van der Waals surface area contributed by atoms with Crippen molar-refractivity contribution >= 4 is 51.7 Å². The number of aromatic nitrogens is 2. The third-order valence-corrected chi connectivity index (χ3v) is 6.62. The molecule has 2 aromatic heterocycles. The molecule has 1 aliphatic heterocycles. The quantitative estimate of drug-likeness (QED) is 0.266. The van der Waals surface area contributed by atoms with Gasteiger partial charge in [-0.3, -0.25) is 18.9 Å². The number of unbranched alkanes of at least 4 members (excludes halogenated alkanes) is 3. The summed E-state index contributed by atoms with van der Waals surface area (Å²) in [6, 6.07) is 3.68. The molecule has 3 heterocycles. The van der Waals surface area contributed by atoms with Gasteiger partial charge in [0.15, 0.2) is 0 Å². The first-order valence-corrected chi connectivity index (χ1v) is 12.4. The van der Waals surface area contributed by atoms with E-state index in [0.717, 1.165) is 31.2 Å². The molecule has 0 radical (unpaired) electrons. The fraction of sp³-hybridized carbons (Fsp3) is 0.478. The molecule has 0 saturated carbocycles. The molecule has 33 heavy (non-hydrogen) atoms. The van der Waals surface area contributed by atoms with Crippen LogP contribution in [-0.2, 0) is 9.53 Å². The zero-order chi connectivity index (χ0) is 23.8. The van der Waals surface area contributed by atoms with Gasteiger partial charge in [0, 0.05) is 19.3 Å². The van der Waals surface area contributed by atoms with E-state index in [1.165, 1.54) is 16.2 Å². The molecule has 0 aromatic carbocycles. The minimum absolute atomic E-state index is 0.0553. The Balaban J connectivity index is 1.92. The van der Waals surface area contributed by atoms with E-state index >= 15 is 0 Å². The Kier molecular flexibility index (Phi) is 9.42. The summed E-state index contributed by atoms with van der Waals surface area (Å²) in [6.45, 7) is 5.54. The van der Waals surface area contributed by atoms with Crippen LogP contribution in [0.5, 0.6) is 0 Å². The van der Waals surface area contributed by atoms with Crippen molar-refractivity contribution in [2.45, 2.75) is 39.5 Å². The molecule has 1 aliphatic rings. The van der Waals surface area contributed by atoms with Crippen molar-refractivity contribution in [1.82, 2.24) is 14.3 Å². The predicted octanol–water partition coefficient (Wildman–Crippen LogP) is 3.21. The van der Waals surface area contributed by atoms with Crippen molar-refractivity contribution < 1.29 is 14.6 Å². The zero-order valence-electron chi connectivity index (χ0n) is 19.0. The second-order valence-electron chi connectivity index (χ2n) is 7.72. The highest BCUT2D eigenvalue weighted by molar-refractivity contribution is 8.26. The molecule has 178 valence electrons. The molecule has 0 atom stereocenters. The molecule has 0 aliphatic carbocycles. The highest BCUT2D eigenvalue weighted by atomic mass is 32.2. The van der Waals surface area contributed by atoms with Crippen LogP contribution < -0.4 is 10.9 Å². The predicted molar refractivity (Wildman–Crippen MR) is 137 cm³/mol. The fourth-order valence-corrected chi connectivity index (χ4v) is 4.80. The van der Waals surface area contributed by atoms with Gasteiger partial charge in [-0.25, -0.2) is 4.98 Å². The summed E-state index contributed by atoms with van der Waals surface area (Å²) in [6.07, 6.45) is 7.45. The number of pyridine rings is 1. The normalized spacial score (nSPS) is 15.2. The van der Waals surface area contributed by atoms with E-state index in [4.69, 9.17) is 22.1 Å². The van der Waals surface area contributed by atoms with Crippen molar-refractivity contribution in [2.75, 3.05) is 38.2 Å². The van der Waals surface area contributed by atoms with E-state index in [-0.39, 0.29) is 24.7 Å². The van der Waals surface area contributed by atoms with Crippen molar-refractivity contribution in [1.29, 1.82) is 0 Å². The first-order valence-electron chi connectivity index (χ1n) is 11.2. The summed E-state index contributed by atoms with van der Waals surface area (Å²) in [4.78, 5) is 33.1. The minimum Gasteiger partial charge on any atom is -0.394 e. The summed E-state index contributed by atoms with van der Waals surface area (Å²) in [5.41, 5.74) is 1.43. The van der Waals surface area contributed by atoms with Crippen LogP contribution in [0.4, 0.5) is 5.82 Å². The number of rotatable bonds is 12. The number of ether oxygens (including phenoxy) is 1. The molecule has 0 spiro atoms. The smallest absolute Gasteiger partial charge is 0.267 e. The van der Waals surface area contributed by atoms with E-state index in [1.54, 1.807) is 23.2 Å².